The van der Waals surface area contributed by atoms with Crippen molar-refractivity contribution in [3.8, 4) is 0 Å². The number of anilines is 1. The lowest BCUT2D eigenvalue weighted by Crippen LogP contribution is -2.35. The smallest absolute Gasteiger partial charge is 0.382 e. The van der Waals surface area contributed by atoms with Gasteiger partial charge in [-0.05, 0) is 48.8 Å². The third-order valence-corrected chi connectivity index (χ3v) is 4.03. The Hall–Kier alpha value is -1.26. The van der Waals surface area contributed by atoms with E-state index in [1.54, 1.807) is 0 Å². The van der Waals surface area contributed by atoms with Crippen LogP contribution in [0.4, 0.5) is 23.2 Å². The van der Waals surface area contributed by atoms with Crippen LogP contribution < -0.4 is 5.32 Å². The zero-order valence-corrected chi connectivity index (χ0v) is 12.5. The van der Waals surface area contributed by atoms with Gasteiger partial charge in [-0.2, -0.15) is 13.2 Å². The molecule has 1 aromatic carbocycles. The molecule has 5 heteroatoms. The van der Waals surface area contributed by atoms with Crippen LogP contribution in [0.5, 0.6) is 0 Å². The van der Waals surface area contributed by atoms with Crippen LogP contribution >= 0.6 is 0 Å². The Labute approximate surface area is 122 Å². The lowest BCUT2D eigenvalue weighted by atomic mass is 9.70. The first kappa shape index (κ1) is 16.1. The first-order valence-electron chi connectivity index (χ1n) is 7.20. The normalized spacial score (nSPS) is 25.7. The molecule has 2 unspecified atom stereocenters. The van der Waals surface area contributed by atoms with Gasteiger partial charge in [-0.25, -0.2) is 4.39 Å². The number of nitrogens with one attached hydrogen (secondary N) is 1. The summed E-state index contributed by atoms with van der Waals surface area (Å²) in [6.07, 6.45) is -1.73. The van der Waals surface area contributed by atoms with Gasteiger partial charge in [0.1, 0.15) is 5.82 Å². The monoisotopic (exact) mass is 303 g/mol. The third-order valence-electron chi connectivity index (χ3n) is 4.03. The summed E-state index contributed by atoms with van der Waals surface area (Å²) < 4.78 is 51.5. The molecule has 0 spiro atoms. The van der Waals surface area contributed by atoms with Crippen molar-refractivity contribution in [3.05, 3.63) is 29.6 Å². The fourth-order valence-corrected chi connectivity index (χ4v) is 3.52. The molecule has 0 aromatic heterocycles. The predicted molar refractivity (Wildman–Crippen MR) is 75.6 cm³/mol. The molecule has 1 aliphatic carbocycles. The van der Waals surface area contributed by atoms with E-state index in [2.05, 4.69) is 26.1 Å². The summed E-state index contributed by atoms with van der Waals surface area (Å²) in [5.74, 6) is -0.709. The van der Waals surface area contributed by atoms with Crippen LogP contribution in [0.15, 0.2) is 18.2 Å². The number of halogens is 4. The minimum Gasteiger partial charge on any atom is -0.382 e. The summed E-state index contributed by atoms with van der Waals surface area (Å²) in [6, 6.07) is 3.23. The van der Waals surface area contributed by atoms with E-state index in [4.69, 9.17) is 0 Å². The lowest BCUT2D eigenvalue weighted by molar-refractivity contribution is -0.139. The van der Waals surface area contributed by atoms with Gasteiger partial charge < -0.3 is 5.32 Å². The second kappa shape index (κ2) is 5.50. The van der Waals surface area contributed by atoms with Crippen molar-refractivity contribution in [3.63, 3.8) is 0 Å². The van der Waals surface area contributed by atoms with E-state index < -0.39 is 17.6 Å². The Morgan fingerprint density at radius 3 is 2.43 bits per heavy atom. The largest absolute Gasteiger partial charge is 0.419 e. The maximum absolute atomic E-state index is 13.3. The molecule has 1 N–H and O–H groups in total. The molecule has 1 saturated carbocycles. The summed E-state index contributed by atoms with van der Waals surface area (Å²) in [6.45, 7) is 6.49. The van der Waals surface area contributed by atoms with Crippen LogP contribution in [0, 0.1) is 17.2 Å². The predicted octanol–water partition coefficient (Wildman–Crippen LogP) is 5.47. The average Bonchev–Trinajstić information content (AvgIpc) is 2.27. The van der Waals surface area contributed by atoms with Gasteiger partial charge >= 0.3 is 6.18 Å². The Bertz CT molecular complexity index is 507. The highest BCUT2D eigenvalue weighted by Gasteiger charge is 2.35. The topological polar surface area (TPSA) is 12.0 Å². The molecular weight excluding hydrogens is 282 g/mol. The van der Waals surface area contributed by atoms with Crippen LogP contribution in [0.25, 0.3) is 0 Å². The molecule has 1 aliphatic rings. The summed E-state index contributed by atoms with van der Waals surface area (Å²) >= 11 is 0. The van der Waals surface area contributed by atoms with Crippen LogP contribution in [-0.4, -0.2) is 6.04 Å². The third kappa shape index (κ3) is 4.11. The van der Waals surface area contributed by atoms with Gasteiger partial charge in [-0.3, -0.25) is 0 Å². The van der Waals surface area contributed by atoms with Crippen molar-refractivity contribution in [1.29, 1.82) is 0 Å². The first-order valence-corrected chi connectivity index (χ1v) is 7.20. The van der Waals surface area contributed by atoms with Gasteiger partial charge in [0.05, 0.1) is 5.56 Å². The Morgan fingerprint density at radius 2 is 1.86 bits per heavy atom. The van der Waals surface area contributed by atoms with E-state index in [-0.39, 0.29) is 11.5 Å². The number of rotatable bonds is 2. The van der Waals surface area contributed by atoms with E-state index in [0.29, 0.717) is 11.6 Å². The molecule has 0 heterocycles. The first-order chi connectivity index (χ1) is 9.57. The standard InChI is InChI=1S/C16H21F4N/c1-10-6-12(9-15(2,3)8-10)21-11-4-5-14(17)13(7-11)16(18,19)20/h4-5,7,10,12,21H,6,8-9H2,1-3H3. The maximum Gasteiger partial charge on any atom is 0.419 e. The fraction of sp³-hybridized carbons (Fsp3) is 0.625. The van der Waals surface area contributed by atoms with Crippen molar-refractivity contribution in [2.24, 2.45) is 11.3 Å². The highest BCUT2D eigenvalue weighted by Crippen LogP contribution is 2.40. The van der Waals surface area contributed by atoms with Crippen molar-refractivity contribution in [2.75, 3.05) is 5.32 Å². The second-order valence-electron chi connectivity index (χ2n) is 6.95. The van der Waals surface area contributed by atoms with Crippen molar-refractivity contribution < 1.29 is 17.6 Å². The van der Waals surface area contributed by atoms with Crippen LogP contribution in [0.2, 0.25) is 0 Å². The Morgan fingerprint density at radius 1 is 1.19 bits per heavy atom. The molecule has 1 aromatic rings. The molecule has 0 amide bonds. The van der Waals surface area contributed by atoms with Crippen molar-refractivity contribution >= 4 is 5.69 Å². The molecule has 1 fully saturated rings. The average molecular weight is 303 g/mol. The van der Waals surface area contributed by atoms with E-state index in [9.17, 15) is 17.6 Å². The van der Waals surface area contributed by atoms with Gasteiger partial charge in [0, 0.05) is 11.7 Å². The molecular formula is C16H21F4N. The second-order valence-corrected chi connectivity index (χ2v) is 6.95. The molecule has 2 rings (SSSR count). The van der Waals surface area contributed by atoms with E-state index in [0.717, 1.165) is 31.4 Å². The summed E-state index contributed by atoms with van der Waals surface area (Å²) in [7, 11) is 0. The van der Waals surface area contributed by atoms with Gasteiger partial charge in [-0.15, -0.1) is 0 Å². The molecule has 21 heavy (non-hydrogen) atoms. The lowest BCUT2D eigenvalue weighted by Gasteiger charge is -2.39. The SMILES string of the molecule is CC1CC(Nc2ccc(F)c(C(F)(F)F)c2)CC(C)(C)C1. The van der Waals surface area contributed by atoms with E-state index >= 15 is 0 Å². The fourth-order valence-electron chi connectivity index (χ4n) is 3.52. The number of hydrogen-bond donors (Lipinski definition) is 1. The number of benzene rings is 1. The van der Waals surface area contributed by atoms with Crippen LogP contribution in [-0.2, 0) is 6.18 Å². The minimum atomic E-state index is -4.67. The number of hydrogen-bond acceptors (Lipinski definition) is 1. The zero-order valence-electron chi connectivity index (χ0n) is 12.5. The quantitative estimate of drug-likeness (QED) is 0.714. The zero-order chi connectivity index (χ0) is 15.8. The highest BCUT2D eigenvalue weighted by molar-refractivity contribution is 5.48. The maximum atomic E-state index is 13.3. The molecule has 0 saturated heterocycles. The highest BCUT2D eigenvalue weighted by atomic mass is 19.4. The van der Waals surface area contributed by atoms with E-state index in [1.165, 1.54) is 6.07 Å². The summed E-state index contributed by atoms with van der Waals surface area (Å²) in [5.41, 5.74) is -0.711. The molecule has 118 valence electrons. The van der Waals surface area contributed by atoms with Crippen molar-refractivity contribution in [1.82, 2.24) is 0 Å². The van der Waals surface area contributed by atoms with Gasteiger partial charge in [-0.1, -0.05) is 20.8 Å². The van der Waals surface area contributed by atoms with Crippen LogP contribution in [0.3, 0.4) is 0 Å². The molecule has 2 atom stereocenters. The van der Waals surface area contributed by atoms with Crippen LogP contribution in [0.1, 0.15) is 45.6 Å². The molecule has 0 aliphatic heterocycles. The Kier molecular flexibility index (Phi) is 4.22. The number of alkyl halides is 3. The van der Waals surface area contributed by atoms with Gasteiger partial charge in [0.25, 0.3) is 0 Å². The summed E-state index contributed by atoms with van der Waals surface area (Å²) in [4.78, 5) is 0. The van der Waals surface area contributed by atoms with Crippen molar-refractivity contribution in [2.45, 2.75) is 52.3 Å². The molecule has 0 bridgehead atoms. The molecule has 0 radical (unpaired) electrons. The summed E-state index contributed by atoms with van der Waals surface area (Å²) in [5, 5.41) is 3.14. The Balaban J connectivity index is 2.17. The van der Waals surface area contributed by atoms with Gasteiger partial charge in [0.15, 0.2) is 0 Å². The minimum absolute atomic E-state index is 0.121. The molecule has 1 nitrogen and oxygen atoms in total. The van der Waals surface area contributed by atoms with Gasteiger partial charge in [0.2, 0.25) is 0 Å². The van der Waals surface area contributed by atoms with E-state index in [1.807, 2.05) is 0 Å².